The number of benzene rings is 1. The van der Waals surface area contributed by atoms with Gasteiger partial charge in [-0.15, -0.1) is 0 Å². The van der Waals surface area contributed by atoms with E-state index < -0.39 is 0 Å². The molecule has 4 N–H and O–H groups in total. The van der Waals surface area contributed by atoms with Crippen LogP contribution in [0.25, 0.3) is 0 Å². The van der Waals surface area contributed by atoms with Crippen molar-refractivity contribution in [2.45, 2.75) is 19.4 Å². The molecule has 0 spiro atoms. The Bertz CT molecular complexity index is 322. The Hall–Kier alpha value is -1.55. The Labute approximate surface area is 89.1 Å². The number of hydrogen-bond donors (Lipinski definition) is 3. The second-order valence-electron chi connectivity index (χ2n) is 3.55. The molecule has 0 bridgehead atoms. The summed E-state index contributed by atoms with van der Waals surface area (Å²) in [6, 6.07) is 6.57. The maximum atomic E-state index is 11.4. The molecular formula is C11H16N2O2. The molecule has 0 radical (unpaired) electrons. The monoisotopic (exact) mass is 208 g/mol. The standard InChI is InChI=1S/C11H16N2O2/c1-8(7-12)13-11(15)6-9-2-4-10(14)5-3-9/h2-5,8,14H,6-7,12H2,1H3,(H,13,15). The summed E-state index contributed by atoms with van der Waals surface area (Å²) in [5.74, 6) is 0.146. The van der Waals surface area contributed by atoms with Crippen molar-refractivity contribution in [1.82, 2.24) is 5.32 Å². The number of hydrogen-bond acceptors (Lipinski definition) is 3. The summed E-state index contributed by atoms with van der Waals surface area (Å²) in [4.78, 5) is 11.4. The van der Waals surface area contributed by atoms with Crippen molar-refractivity contribution in [2.24, 2.45) is 5.73 Å². The molecular weight excluding hydrogens is 192 g/mol. The molecule has 1 rings (SSSR count). The molecule has 0 saturated carbocycles. The topological polar surface area (TPSA) is 75.3 Å². The van der Waals surface area contributed by atoms with Crippen molar-refractivity contribution >= 4 is 5.91 Å². The van der Waals surface area contributed by atoms with Crippen LogP contribution >= 0.6 is 0 Å². The van der Waals surface area contributed by atoms with Crippen LogP contribution in [0.5, 0.6) is 5.75 Å². The van der Waals surface area contributed by atoms with Crippen LogP contribution in [0, 0.1) is 0 Å². The number of carbonyl (C=O) groups is 1. The highest BCUT2D eigenvalue weighted by molar-refractivity contribution is 5.78. The fourth-order valence-corrected chi connectivity index (χ4v) is 1.18. The minimum atomic E-state index is -0.0568. The molecule has 1 aromatic carbocycles. The predicted molar refractivity (Wildman–Crippen MR) is 58.5 cm³/mol. The molecule has 0 saturated heterocycles. The zero-order chi connectivity index (χ0) is 11.3. The van der Waals surface area contributed by atoms with Crippen LogP contribution in [0.3, 0.4) is 0 Å². The number of aromatic hydroxyl groups is 1. The van der Waals surface area contributed by atoms with Crippen LogP contribution in [-0.2, 0) is 11.2 Å². The smallest absolute Gasteiger partial charge is 0.224 e. The second-order valence-corrected chi connectivity index (χ2v) is 3.55. The summed E-state index contributed by atoms with van der Waals surface area (Å²) in [7, 11) is 0. The third-order valence-corrected chi connectivity index (χ3v) is 2.06. The van der Waals surface area contributed by atoms with E-state index in [1.807, 2.05) is 6.92 Å². The van der Waals surface area contributed by atoms with Gasteiger partial charge in [0, 0.05) is 12.6 Å². The third kappa shape index (κ3) is 3.99. The van der Waals surface area contributed by atoms with E-state index in [1.165, 1.54) is 0 Å². The molecule has 4 heteroatoms. The van der Waals surface area contributed by atoms with Crippen molar-refractivity contribution in [3.8, 4) is 5.75 Å². The Kier molecular flexibility index (Phi) is 4.12. The van der Waals surface area contributed by atoms with Gasteiger partial charge in [0.2, 0.25) is 5.91 Å². The van der Waals surface area contributed by atoms with Gasteiger partial charge in [-0.05, 0) is 24.6 Å². The molecule has 0 aliphatic carbocycles. The molecule has 1 amide bonds. The van der Waals surface area contributed by atoms with Crippen molar-refractivity contribution in [1.29, 1.82) is 0 Å². The molecule has 0 aromatic heterocycles. The predicted octanol–water partition coefficient (Wildman–Crippen LogP) is 0.398. The fourth-order valence-electron chi connectivity index (χ4n) is 1.18. The minimum absolute atomic E-state index is 0.00499. The molecule has 1 unspecified atom stereocenters. The average molecular weight is 208 g/mol. The molecule has 0 aliphatic heterocycles. The van der Waals surface area contributed by atoms with E-state index in [9.17, 15) is 4.79 Å². The van der Waals surface area contributed by atoms with E-state index >= 15 is 0 Å². The number of nitrogens with one attached hydrogen (secondary N) is 1. The summed E-state index contributed by atoms with van der Waals surface area (Å²) < 4.78 is 0. The zero-order valence-electron chi connectivity index (χ0n) is 8.73. The molecule has 0 aliphatic rings. The molecule has 1 aromatic rings. The van der Waals surface area contributed by atoms with E-state index in [1.54, 1.807) is 24.3 Å². The van der Waals surface area contributed by atoms with Gasteiger partial charge in [0.1, 0.15) is 5.75 Å². The Morgan fingerprint density at radius 1 is 1.47 bits per heavy atom. The van der Waals surface area contributed by atoms with Crippen LogP contribution in [0.4, 0.5) is 0 Å². The van der Waals surface area contributed by atoms with Gasteiger partial charge >= 0.3 is 0 Å². The van der Waals surface area contributed by atoms with Gasteiger partial charge < -0.3 is 16.2 Å². The van der Waals surface area contributed by atoms with Gasteiger partial charge in [-0.25, -0.2) is 0 Å². The lowest BCUT2D eigenvalue weighted by Gasteiger charge is -2.10. The number of rotatable bonds is 4. The van der Waals surface area contributed by atoms with E-state index in [0.29, 0.717) is 13.0 Å². The van der Waals surface area contributed by atoms with Crippen molar-refractivity contribution in [3.05, 3.63) is 29.8 Å². The zero-order valence-corrected chi connectivity index (χ0v) is 8.73. The Morgan fingerprint density at radius 3 is 2.60 bits per heavy atom. The van der Waals surface area contributed by atoms with Crippen LogP contribution in [0.1, 0.15) is 12.5 Å². The first kappa shape index (κ1) is 11.5. The van der Waals surface area contributed by atoms with Crippen LogP contribution in [0.2, 0.25) is 0 Å². The van der Waals surface area contributed by atoms with Gasteiger partial charge in [0.25, 0.3) is 0 Å². The summed E-state index contributed by atoms with van der Waals surface area (Å²) in [5, 5.41) is 11.8. The maximum absolute atomic E-state index is 11.4. The van der Waals surface area contributed by atoms with Crippen LogP contribution in [-0.4, -0.2) is 23.6 Å². The molecule has 0 heterocycles. The lowest BCUT2D eigenvalue weighted by molar-refractivity contribution is -0.120. The van der Waals surface area contributed by atoms with E-state index in [-0.39, 0.29) is 17.7 Å². The lowest BCUT2D eigenvalue weighted by Crippen LogP contribution is -2.38. The Morgan fingerprint density at radius 2 is 2.07 bits per heavy atom. The number of phenols is 1. The van der Waals surface area contributed by atoms with Crippen LogP contribution < -0.4 is 11.1 Å². The van der Waals surface area contributed by atoms with Gasteiger partial charge in [0.15, 0.2) is 0 Å². The highest BCUT2D eigenvalue weighted by Crippen LogP contribution is 2.09. The quantitative estimate of drug-likeness (QED) is 0.670. The number of nitrogens with two attached hydrogens (primary N) is 1. The fraction of sp³-hybridized carbons (Fsp3) is 0.364. The van der Waals surface area contributed by atoms with Crippen molar-refractivity contribution in [3.63, 3.8) is 0 Å². The summed E-state index contributed by atoms with van der Waals surface area (Å²) in [5.41, 5.74) is 6.26. The van der Waals surface area contributed by atoms with Gasteiger partial charge in [0.05, 0.1) is 6.42 Å². The first-order chi connectivity index (χ1) is 7.11. The molecule has 0 fully saturated rings. The average Bonchev–Trinajstić information content (AvgIpc) is 2.21. The largest absolute Gasteiger partial charge is 0.508 e. The SMILES string of the molecule is CC(CN)NC(=O)Cc1ccc(O)cc1. The summed E-state index contributed by atoms with van der Waals surface area (Å²) >= 11 is 0. The Balaban J connectivity index is 2.48. The molecule has 15 heavy (non-hydrogen) atoms. The first-order valence-corrected chi connectivity index (χ1v) is 4.89. The number of amides is 1. The minimum Gasteiger partial charge on any atom is -0.508 e. The van der Waals surface area contributed by atoms with Crippen LogP contribution in [0.15, 0.2) is 24.3 Å². The highest BCUT2D eigenvalue weighted by atomic mass is 16.3. The second kappa shape index (κ2) is 5.36. The summed E-state index contributed by atoms with van der Waals surface area (Å²) in [6.45, 7) is 2.29. The van der Waals surface area contributed by atoms with Gasteiger partial charge in [-0.2, -0.15) is 0 Å². The number of phenolic OH excluding ortho intramolecular Hbond substituents is 1. The van der Waals surface area contributed by atoms with Gasteiger partial charge in [-0.3, -0.25) is 4.79 Å². The lowest BCUT2D eigenvalue weighted by atomic mass is 10.1. The molecule has 4 nitrogen and oxygen atoms in total. The normalized spacial score (nSPS) is 12.1. The van der Waals surface area contributed by atoms with E-state index in [0.717, 1.165) is 5.56 Å². The number of carbonyl (C=O) groups excluding carboxylic acids is 1. The highest BCUT2D eigenvalue weighted by Gasteiger charge is 2.06. The maximum Gasteiger partial charge on any atom is 0.224 e. The van der Waals surface area contributed by atoms with E-state index in [2.05, 4.69) is 5.32 Å². The van der Waals surface area contributed by atoms with Crippen molar-refractivity contribution < 1.29 is 9.90 Å². The molecule has 82 valence electrons. The van der Waals surface area contributed by atoms with E-state index in [4.69, 9.17) is 10.8 Å². The first-order valence-electron chi connectivity index (χ1n) is 4.89. The van der Waals surface area contributed by atoms with Gasteiger partial charge in [-0.1, -0.05) is 12.1 Å². The third-order valence-electron chi connectivity index (χ3n) is 2.06. The molecule has 1 atom stereocenters. The van der Waals surface area contributed by atoms with Crippen molar-refractivity contribution in [2.75, 3.05) is 6.54 Å². The summed E-state index contributed by atoms with van der Waals surface area (Å²) in [6.07, 6.45) is 0.310.